The van der Waals surface area contributed by atoms with E-state index in [0.717, 1.165) is 16.6 Å². The van der Waals surface area contributed by atoms with Gasteiger partial charge in [-0.3, -0.25) is 4.79 Å². The van der Waals surface area contributed by atoms with Crippen LogP contribution in [0.4, 0.5) is 18.9 Å². The summed E-state index contributed by atoms with van der Waals surface area (Å²) in [6, 6.07) is 9.99. The highest BCUT2D eigenvalue weighted by Crippen LogP contribution is 2.39. The molecule has 0 aromatic heterocycles. The van der Waals surface area contributed by atoms with Gasteiger partial charge in [0.25, 0.3) is 5.91 Å². The molecular formula is C18H10BrF3N2O2. The Balaban J connectivity index is 2.06. The zero-order valence-corrected chi connectivity index (χ0v) is 14.6. The number of alkyl halides is 3. The highest BCUT2D eigenvalue weighted by atomic mass is 79.9. The van der Waals surface area contributed by atoms with Gasteiger partial charge in [-0.05, 0) is 36.4 Å². The van der Waals surface area contributed by atoms with Crippen LogP contribution in [0, 0.1) is 11.3 Å². The van der Waals surface area contributed by atoms with Gasteiger partial charge in [-0.2, -0.15) is 18.4 Å². The van der Waals surface area contributed by atoms with E-state index in [-0.39, 0.29) is 17.9 Å². The zero-order chi connectivity index (χ0) is 18.9. The van der Waals surface area contributed by atoms with Gasteiger partial charge in [-0.25, -0.2) is 0 Å². The Morgan fingerprint density at radius 3 is 2.69 bits per heavy atom. The molecular weight excluding hydrogens is 413 g/mol. The second kappa shape index (κ2) is 6.84. The van der Waals surface area contributed by atoms with Crippen molar-refractivity contribution < 1.29 is 22.7 Å². The van der Waals surface area contributed by atoms with Crippen molar-refractivity contribution in [2.24, 2.45) is 0 Å². The third-order valence-corrected chi connectivity index (χ3v) is 4.19. The zero-order valence-electron chi connectivity index (χ0n) is 13.0. The lowest BCUT2D eigenvalue weighted by molar-refractivity contribution is -0.137. The average Bonchev–Trinajstić information content (AvgIpc) is 2.88. The molecule has 0 aliphatic carbocycles. The van der Waals surface area contributed by atoms with E-state index in [1.165, 1.54) is 12.1 Å². The Morgan fingerprint density at radius 2 is 2.00 bits per heavy atom. The van der Waals surface area contributed by atoms with E-state index in [0.29, 0.717) is 16.9 Å². The number of benzene rings is 2. The lowest BCUT2D eigenvalue weighted by Crippen LogP contribution is -2.06. The molecule has 1 aliphatic heterocycles. The average molecular weight is 423 g/mol. The van der Waals surface area contributed by atoms with Gasteiger partial charge in [0.15, 0.2) is 6.61 Å². The number of carbonyl (C=O) groups is 1. The molecule has 3 rings (SSSR count). The Hall–Kier alpha value is -2.79. The molecule has 0 radical (unpaired) electrons. The van der Waals surface area contributed by atoms with Crippen molar-refractivity contribution in [2.45, 2.75) is 6.18 Å². The van der Waals surface area contributed by atoms with E-state index in [1.54, 1.807) is 18.2 Å². The summed E-state index contributed by atoms with van der Waals surface area (Å²) in [7, 11) is 0. The maximum absolute atomic E-state index is 12.8. The maximum atomic E-state index is 12.8. The SMILES string of the molecule is N#CCOc1ccc(Br)cc1/C=C1\C(=O)Nc2cc(C(F)(F)F)ccc21. The summed E-state index contributed by atoms with van der Waals surface area (Å²) in [4.78, 5) is 12.2. The number of hydrogen-bond acceptors (Lipinski definition) is 3. The number of halogens is 4. The highest BCUT2D eigenvalue weighted by molar-refractivity contribution is 9.10. The first-order valence-electron chi connectivity index (χ1n) is 7.33. The summed E-state index contributed by atoms with van der Waals surface area (Å²) in [6.07, 6.45) is -2.97. The van der Waals surface area contributed by atoms with Crippen molar-refractivity contribution >= 4 is 39.2 Å². The minimum Gasteiger partial charge on any atom is -0.478 e. The summed E-state index contributed by atoms with van der Waals surface area (Å²) < 4.78 is 44.6. The van der Waals surface area contributed by atoms with Gasteiger partial charge in [0.2, 0.25) is 0 Å². The fourth-order valence-corrected chi connectivity index (χ4v) is 2.92. The molecule has 0 saturated heterocycles. The Bertz CT molecular complexity index is 962. The van der Waals surface area contributed by atoms with Gasteiger partial charge >= 0.3 is 6.18 Å². The van der Waals surface area contributed by atoms with Gasteiger partial charge in [-0.1, -0.05) is 22.0 Å². The molecule has 0 atom stereocenters. The lowest BCUT2D eigenvalue weighted by Gasteiger charge is -2.09. The third kappa shape index (κ3) is 3.58. The molecule has 4 nitrogen and oxygen atoms in total. The topological polar surface area (TPSA) is 62.1 Å². The van der Waals surface area contributed by atoms with Crippen LogP contribution in [0.15, 0.2) is 40.9 Å². The molecule has 0 fully saturated rings. The molecule has 2 aromatic rings. The first-order valence-corrected chi connectivity index (χ1v) is 8.13. The number of rotatable bonds is 3. The molecule has 0 bridgehead atoms. The molecule has 1 heterocycles. The second-order valence-electron chi connectivity index (χ2n) is 5.40. The predicted octanol–water partition coefficient (Wildman–Crippen LogP) is 4.86. The van der Waals surface area contributed by atoms with Gasteiger partial charge in [0, 0.05) is 26.9 Å². The van der Waals surface area contributed by atoms with Gasteiger partial charge < -0.3 is 10.1 Å². The number of amides is 1. The number of hydrogen-bond donors (Lipinski definition) is 1. The Morgan fingerprint density at radius 1 is 1.23 bits per heavy atom. The molecule has 0 saturated carbocycles. The Kier molecular flexibility index (Phi) is 4.74. The van der Waals surface area contributed by atoms with Crippen LogP contribution < -0.4 is 10.1 Å². The quantitative estimate of drug-likeness (QED) is 0.718. The summed E-state index contributed by atoms with van der Waals surface area (Å²) in [5.41, 5.74) is 0.374. The van der Waals surface area contributed by atoms with Gasteiger partial charge in [0.05, 0.1) is 5.56 Å². The van der Waals surface area contributed by atoms with Crippen LogP contribution in [0.3, 0.4) is 0 Å². The van der Waals surface area contributed by atoms with Crippen molar-refractivity contribution in [3.05, 3.63) is 57.6 Å². The molecule has 1 amide bonds. The van der Waals surface area contributed by atoms with Crippen molar-refractivity contribution in [1.82, 2.24) is 0 Å². The third-order valence-electron chi connectivity index (χ3n) is 3.69. The molecule has 1 aliphatic rings. The van der Waals surface area contributed by atoms with Gasteiger partial charge in [0.1, 0.15) is 11.8 Å². The maximum Gasteiger partial charge on any atom is 0.416 e. The largest absolute Gasteiger partial charge is 0.478 e. The number of fused-ring (bicyclic) bond motifs is 1. The van der Waals surface area contributed by atoms with Gasteiger partial charge in [-0.15, -0.1) is 0 Å². The van der Waals surface area contributed by atoms with Crippen LogP contribution in [0.2, 0.25) is 0 Å². The van der Waals surface area contributed by atoms with E-state index in [2.05, 4.69) is 21.2 Å². The van der Waals surface area contributed by atoms with E-state index in [4.69, 9.17) is 10.00 Å². The first kappa shape index (κ1) is 18.0. The normalized spacial score (nSPS) is 14.7. The number of nitrogens with one attached hydrogen (secondary N) is 1. The number of nitrogens with zero attached hydrogens (tertiary/aromatic N) is 1. The van der Waals surface area contributed by atoms with Crippen molar-refractivity contribution in [2.75, 3.05) is 11.9 Å². The van der Waals surface area contributed by atoms with Crippen molar-refractivity contribution in [1.29, 1.82) is 5.26 Å². The number of carbonyl (C=O) groups excluding carboxylic acids is 1. The molecule has 0 spiro atoms. The first-order chi connectivity index (χ1) is 12.3. The molecule has 132 valence electrons. The fraction of sp³-hybridized carbons (Fsp3) is 0.111. The van der Waals surface area contributed by atoms with E-state index in [1.807, 2.05) is 6.07 Å². The van der Waals surface area contributed by atoms with Crippen molar-refractivity contribution in [3.8, 4) is 11.8 Å². The fourth-order valence-electron chi connectivity index (χ4n) is 2.54. The smallest absolute Gasteiger partial charge is 0.416 e. The standard InChI is InChI=1S/C18H10BrF3N2O2/c19-12-2-4-16(26-6-5-23)10(7-12)8-14-13-3-1-11(18(20,21)22)9-15(13)24-17(14)25/h1-4,7-9H,6H2,(H,24,25)/b14-8-. The number of ether oxygens (including phenoxy) is 1. The highest BCUT2D eigenvalue weighted by Gasteiger charge is 2.33. The predicted molar refractivity (Wildman–Crippen MR) is 93.2 cm³/mol. The lowest BCUT2D eigenvalue weighted by atomic mass is 10.0. The molecule has 1 N–H and O–H groups in total. The van der Waals surface area contributed by atoms with Crippen LogP contribution >= 0.6 is 15.9 Å². The van der Waals surface area contributed by atoms with E-state index >= 15 is 0 Å². The molecule has 26 heavy (non-hydrogen) atoms. The second-order valence-corrected chi connectivity index (χ2v) is 6.31. The summed E-state index contributed by atoms with van der Waals surface area (Å²) in [5.74, 6) is -0.124. The van der Waals surface area contributed by atoms with Crippen molar-refractivity contribution in [3.63, 3.8) is 0 Å². The van der Waals surface area contributed by atoms with Crippen LogP contribution in [0.5, 0.6) is 5.75 Å². The molecule has 8 heteroatoms. The van der Waals surface area contributed by atoms with Crippen LogP contribution in [-0.4, -0.2) is 12.5 Å². The Labute approximate surface area is 155 Å². The summed E-state index contributed by atoms with van der Waals surface area (Å²) in [5, 5.41) is 11.1. The number of nitriles is 1. The summed E-state index contributed by atoms with van der Waals surface area (Å²) in [6.45, 7) is -0.171. The molecule has 0 unspecified atom stereocenters. The minimum absolute atomic E-state index is 0.102. The van der Waals surface area contributed by atoms with E-state index < -0.39 is 17.6 Å². The van der Waals surface area contributed by atoms with E-state index in [9.17, 15) is 18.0 Å². The molecule has 2 aromatic carbocycles. The number of anilines is 1. The van der Waals surface area contributed by atoms with Crippen LogP contribution in [0.1, 0.15) is 16.7 Å². The minimum atomic E-state index is -4.49. The monoisotopic (exact) mass is 422 g/mol. The van der Waals surface area contributed by atoms with Crippen LogP contribution in [0.25, 0.3) is 11.6 Å². The van der Waals surface area contributed by atoms with Crippen LogP contribution in [-0.2, 0) is 11.0 Å². The summed E-state index contributed by atoms with van der Waals surface area (Å²) >= 11 is 3.32.